The number of ether oxygens (including phenoxy) is 2. The number of methoxy groups -OCH3 is 1. The first-order valence-electron chi connectivity index (χ1n) is 8.00. The highest BCUT2D eigenvalue weighted by Gasteiger charge is 2.20. The number of halogens is 1. The van der Waals surface area contributed by atoms with Gasteiger partial charge in [0, 0.05) is 18.0 Å². The molecule has 134 valence electrons. The van der Waals surface area contributed by atoms with E-state index < -0.39 is 0 Å². The molecule has 1 heterocycles. The van der Waals surface area contributed by atoms with Crippen LogP contribution in [0.15, 0.2) is 24.3 Å². The van der Waals surface area contributed by atoms with E-state index >= 15 is 0 Å². The van der Waals surface area contributed by atoms with Crippen LogP contribution in [0.2, 0.25) is 0 Å². The van der Waals surface area contributed by atoms with Gasteiger partial charge in [0.2, 0.25) is 5.91 Å². The van der Waals surface area contributed by atoms with E-state index in [-0.39, 0.29) is 30.2 Å². The number of rotatable bonds is 7. The molecular formula is C17H25ClN2O4. The molecule has 0 unspecified atom stereocenters. The van der Waals surface area contributed by atoms with E-state index in [9.17, 15) is 9.59 Å². The average Bonchev–Trinajstić information content (AvgIpc) is 2.60. The van der Waals surface area contributed by atoms with Crippen molar-refractivity contribution in [2.75, 3.05) is 32.1 Å². The smallest absolute Gasteiger partial charge is 0.305 e. The first-order chi connectivity index (χ1) is 11.2. The summed E-state index contributed by atoms with van der Waals surface area (Å²) in [6.45, 7) is 2.25. The highest BCUT2D eigenvalue weighted by Crippen LogP contribution is 2.19. The zero-order valence-corrected chi connectivity index (χ0v) is 14.7. The van der Waals surface area contributed by atoms with Crippen molar-refractivity contribution in [3.63, 3.8) is 0 Å². The Labute approximate surface area is 148 Å². The minimum Gasteiger partial charge on any atom is -0.494 e. The topological polar surface area (TPSA) is 76.7 Å². The maximum absolute atomic E-state index is 12.1. The minimum absolute atomic E-state index is 0. The van der Waals surface area contributed by atoms with Gasteiger partial charge in [-0.3, -0.25) is 9.59 Å². The Balaban J connectivity index is 0.00000288. The third-order valence-electron chi connectivity index (χ3n) is 3.85. The van der Waals surface area contributed by atoms with Crippen LogP contribution < -0.4 is 15.4 Å². The highest BCUT2D eigenvalue weighted by atomic mass is 35.5. The fourth-order valence-corrected chi connectivity index (χ4v) is 2.47. The molecule has 1 aromatic rings. The first-order valence-corrected chi connectivity index (χ1v) is 8.00. The van der Waals surface area contributed by atoms with Gasteiger partial charge in [-0.05, 0) is 56.6 Å². The normalized spacial score (nSPS) is 14.4. The van der Waals surface area contributed by atoms with Crippen LogP contribution in [0, 0.1) is 5.92 Å². The number of esters is 1. The number of nitrogens with one attached hydrogen (secondary N) is 2. The van der Waals surface area contributed by atoms with E-state index in [1.807, 2.05) is 24.3 Å². The molecule has 1 aliphatic rings. The molecule has 1 aliphatic heterocycles. The fourth-order valence-electron chi connectivity index (χ4n) is 2.47. The Morgan fingerprint density at radius 3 is 2.50 bits per heavy atom. The third-order valence-corrected chi connectivity index (χ3v) is 3.85. The Kier molecular flexibility index (Phi) is 9.19. The van der Waals surface area contributed by atoms with Crippen LogP contribution in [0.25, 0.3) is 0 Å². The van der Waals surface area contributed by atoms with Crippen LogP contribution in [-0.4, -0.2) is 38.7 Å². The Morgan fingerprint density at radius 2 is 1.88 bits per heavy atom. The molecule has 0 aromatic heterocycles. The second-order valence-electron chi connectivity index (χ2n) is 5.57. The van der Waals surface area contributed by atoms with Crippen LogP contribution in [0.5, 0.6) is 5.75 Å². The average molecular weight is 357 g/mol. The van der Waals surface area contributed by atoms with E-state index in [1.54, 1.807) is 0 Å². The minimum atomic E-state index is -0.232. The highest BCUT2D eigenvalue weighted by molar-refractivity contribution is 5.92. The lowest BCUT2D eigenvalue weighted by Gasteiger charge is -2.21. The van der Waals surface area contributed by atoms with Crippen LogP contribution >= 0.6 is 12.4 Å². The maximum Gasteiger partial charge on any atom is 0.305 e. The number of piperidine rings is 1. The Hall–Kier alpha value is -1.79. The quantitative estimate of drug-likeness (QED) is 0.579. The van der Waals surface area contributed by atoms with Crippen molar-refractivity contribution in [3.05, 3.63) is 24.3 Å². The zero-order valence-electron chi connectivity index (χ0n) is 13.9. The zero-order chi connectivity index (χ0) is 16.5. The number of amides is 1. The first kappa shape index (κ1) is 20.3. The van der Waals surface area contributed by atoms with Crippen molar-refractivity contribution >= 4 is 30.0 Å². The van der Waals surface area contributed by atoms with Gasteiger partial charge in [0.05, 0.1) is 13.7 Å². The summed E-state index contributed by atoms with van der Waals surface area (Å²) in [6.07, 6.45) is 2.72. The van der Waals surface area contributed by atoms with Gasteiger partial charge in [-0.2, -0.15) is 0 Å². The second-order valence-corrected chi connectivity index (χ2v) is 5.57. The van der Waals surface area contributed by atoms with Gasteiger partial charge in [0.15, 0.2) is 0 Å². The SMILES string of the molecule is COC(=O)CCCOc1ccc(NC(=O)C2CCNCC2)cc1.Cl. The van der Waals surface area contributed by atoms with Crippen LogP contribution in [0.4, 0.5) is 5.69 Å². The number of carbonyl (C=O) groups excluding carboxylic acids is 2. The number of hydrogen-bond donors (Lipinski definition) is 2. The van der Waals surface area contributed by atoms with Crippen LogP contribution in [-0.2, 0) is 14.3 Å². The van der Waals surface area contributed by atoms with Crippen LogP contribution in [0.1, 0.15) is 25.7 Å². The lowest BCUT2D eigenvalue weighted by atomic mass is 9.97. The predicted octanol–water partition coefficient (Wildman–Crippen LogP) is 2.38. The number of carbonyl (C=O) groups is 2. The summed E-state index contributed by atoms with van der Waals surface area (Å²) in [5.41, 5.74) is 0.774. The molecule has 2 rings (SSSR count). The molecule has 1 fully saturated rings. The van der Waals surface area contributed by atoms with Gasteiger partial charge in [-0.25, -0.2) is 0 Å². The third kappa shape index (κ3) is 6.76. The molecular weight excluding hydrogens is 332 g/mol. The van der Waals surface area contributed by atoms with E-state index in [0.717, 1.165) is 37.4 Å². The second kappa shape index (κ2) is 10.9. The van der Waals surface area contributed by atoms with Crippen molar-refractivity contribution in [1.82, 2.24) is 5.32 Å². The molecule has 1 amide bonds. The number of benzene rings is 1. The Morgan fingerprint density at radius 1 is 1.21 bits per heavy atom. The molecule has 7 heteroatoms. The molecule has 0 aliphatic carbocycles. The summed E-state index contributed by atoms with van der Waals surface area (Å²) in [6, 6.07) is 7.29. The van der Waals surface area contributed by atoms with Crippen LogP contribution in [0.3, 0.4) is 0 Å². The predicted molar refractivity (Wildman–Crippen MR) is 94.7 cm³/mol. The molecule has 0 bridgehead atoms. The maximum atomic E-state index is 12.1. The van der Waals surface area contributed by atoms with Crippen molar-refractivity contribution < 1.29 is 19.1 Å². The summed E-state index contributed by atoms with van der Waals surface area (Å²) in [7, 11) is 1.38. The van der Waals surface area contributed by atoms with Crippen molar-refractivity contribution in [2.24, 2.45) is 5.92 Å². The molecule has 0 spiro atoms. The summed E-state index contributed by atoms with van der Waals surface area (Å²) in [4.78, 5) is 23.1. The summed E-state index contributed by atoms with van der Waals surface area (Å²) in [5, 5.41) is 6.20. The van der Waals surface area contributed by atoms with Gasteiger partial charge >= 0.3 is 5.97 Å². The monoisotopic (exact) mass is 356 g/mol. The molecule has 6 nitrogen and oxygen atoms in total. The largest absolute Gasteiger partial charge is 0.494 e. The summed E-state index contributed by atoms with van der Waals surface area (Å²) >= 11 is 0. The molecule has 0 radical (unpaired) electrons. The Bertz CT molecular complexity index is 516. The van der Waals surface area contributed by atoms with Gasteiger partial charge in [0.25, 0.3) is 0 Å². The van der Waals surface area contributed by atoms with Crippen molar-refractivity contribution in [2.45, 2.75) is 25.7 Å². The lowest BCUT2D eigenvalue weighted by molar-refractivity contribution is -0.140. The summed E-state index contributed by atoms with van der Waals surface area (Å²) in [5.74, 6) is 0.656. The van der Waals surface area contributed by atoms with Gasteiger partial charge in [-0.15, -0.1) is 12.4 Å². The number of hydrogen-bond acceptors (Lipinski definition) is 5. The molecule has 1 aromatic carbocycles. The van der Waals surface area contributed by atoms with E-state index in [4.69, 9.17) is 4.74 Å². The number of anilines is 1. The van der Waals surface area contributed by atoms with E-state index in [0.29, 0.717) is 19.4 Å². The van der Waals surface area contributed by atoms with Gasteiger partial charge in [-0.1, -0.05) is 0 Å². The van der Waals surface area contributed by atoms with E-state index in [2.05, 4.69) is 15.4 Å². The lowest BCUT2D eigenvalue weighted by Crippen LogP contribution is -2.34. The van der Waals surface area contributed by atoms with Gasteiger partial charge < -0.3 is 20.1 Å². The molecule has 1 saturated heterocycles. The van der Waals surface area contributed by atoms with Crippen molar-refractivity contribution in [1.29, 1.82) is 0 Å². The van der Waals surface area contributed by atoms with Gasteiger partial charge in [0.1, 0.15) is 5.75 Å². The fraction of sp³-hybridized carbons (Fsp3) is 0.529. The molecule has 2 N–H and O–H groups in total. The molecule has 0 atom stereocenters. The summed E-state index contributed by atoms with van der Waals surface area (Å²) < 4.78 is 10.1. The van der Waals surface area contributed by atoms with E-state index in [1.165, 1.54) is 7.11 Å². The standard InChI is InChI=1S/C17H24N2O4.ClH/c1-22-16(20)3-2-12-23-15-6-4-14(5-7-15)19-17(21)13-8-10-18-11-9-13;/h4-7,13,18H,2-3,8-12H2,1H3,(H,19,21);1H. The van der Waals surface area contributed by atoms with Crippen molar-refractivity contribution in [3.8, 4) is 5.75 Å². The molecule has 0 saturated carbocycles. The molecule has 24 heavy (non-hydrogen) atoms.